The summed E-state index contributed by atoms with van der Waals surface area (Å²) >= 11 is 0. The van der Waals surface area contributed by atoms with Crippen molar-refractivity contribution in [3.05, 3.63) is 72.4 Å². The van der Waals surface area contributed by atoms with E-state index in [-0.39, 0.29) is 5.82 Å². The number of hydrogen-bond donors (Lipinski definition) is 2. The summed E-state index contributed by atoms with van der Waals surface area (Å²) in [7, 11) is 0. The Morgan fingerprint density at radius 2 is 1.88 bits per heavy atom. The number of nitrogens with one attached hydrogen (secondary N) is 1. The molecule has 1 aliphatic carbocycles. The molecule has 1 saturated carbocycles. The molecule has 6 rings (SSSR count). The Morgan fingerprint density at radius 3 is 2.73 bits per heavy atom. The number of para-hydroxylation sites is 1. The van der Waals surface area contributed by atoms with Crippen molar-refractivity contribution in [3.8, 4) is 11.4 Å². The summed E-state index contributed by atoms with van der Waals surface area (Å²) in [4.78, 5) is 22.5. The van der Waals surface area contributed by atoms with Gasteiger partial charge in [-0.2, -0.15) is 0 Å². The number of hydrogen-bond acceptors (Lipinski definition) is 7. The van der Waals surface area contributed by atoms with Gasteiger partial charge in [0, 0.05) is 28.7 Å². The molecular formula is C25H20FN7. The molecule has 5 aromatic rings. The normalized spacial score (nSPS) is 13.8. The highest BCUT2D eigenvalue weighted by Crippen LogP contribution is 2.40. The molecule has 0 bridgehead atoms. The first-order valence-corrected chi connectivity index (χ1v) is 10.9. The van der Waals surface area contributed by atoms with Crippen molar-refractivity contribution >= 4 is 39.3 Å². The number of nitrogens with two attached hydrogens (primary N) is 1. The molecule has 1 fully saturated rings. The lowest BCUT2D eigenvalue weighted by atomic mass is 9.79. The summed E-state index contributed by atoms with van der Waals surface area (Å²) in [5.74, 6) is 2.10. The van der Waals surface area contributed by atoms with Crippen molar-refractivity contribution in [2.24, 2.45) is 0 Å². The lowest BCUT2D eigenvalue weighted by Gasteiger charge is -2.26. The Hall–Kier alpha value is -4.20. The monoisotopic (exact) mass is 437 g/mol. The first kappa shape index (κ1) is 19.5. The van der Waals surface area contributed by atoms with Crippen LogP contribution in [0, 0.1) is 5.82 Å². The van der Waals surface area contributed by atoms with Gasteiger partial charge in [0.15, 0.2) is 5.82 Å². The first-order chi connectivity index (χ1) is 16.2. The van der Waals surface area contributed by atoms with E-state index in [9.17, 15) is 4.39 Å². The van der Waals surface area contributed by atoms with Gasteiger partial charge in [-0.25, -0.2) is 24.3 Å². The topological polar surface area (TPSA) is 102 Å². The molecule has 162 valence electrons. The molecule has 1 aromatic carbocycles. The Morgan fingerprint density at radius 1 is 0.970 bits per heavy atom. The Kier molecular flexibility index (Phi) is 4.57. The van der Waals surface area contributed by atoms with Crippen LogP contribution in [0.2, 0.25) is 0 Å². The van der Waals surface area contributed by atoms with Gasteiger partial charge in [0.2, 0.25) is 0 Å². The second-order valence-electron chi connectivity index (χ2n) is 8.25. The Balaban J connectivity index is 1.35. The molecule has 0 aliphatic heterocycles. The Bertz CT molecular complexity index is 1510. The summed E-state index contributed by atoms with van der Waals surface area (Å²) in [6, 6.07) is 12.1. The van der Waals surface area contributed by atoms with Crippen molar-refractivity contribution in [1.29, 1.82) is 0 Å². The maximum absolute atomic E-state index is 14.1. The van der Waals surface area contributed by atoms with Crippen molar-refractivity contribution in [1.82, 2.24) is 24.9 Å². The largest absolute Gasteiger partial charge is 0.383 e. The molecule has 0 radical (unpaired) electrons. The molecular weight excluding hydrogens is 417 g/mol. The van der Waals surface area contributed by atoms with E-state index in [2.05, 4.69) is 25.3 Å². The number of fused-ring (bicyclic) bond motifs is 2. The minimum atomic E-state index is -0.368. The molecule has 0 spiro atoms. The molecule has 8 heteroatoms. The molecule has 1 aliphatic rings. The fourth-order valence-corrected chi connectivity index (χ4v) is 4.25. The summed E-state index contributed by atoms with van der Waals surface area (Å²) in [6.45, 7) is 0. The van der Waals surface area contributed by atoms with E-state index < -0.39 is 0 Å². The molecule has 4 heterocycles. The van der Waals surface area contributed by atoms with Gasteiger partial charge in [-0.3, -0.25) is 4.98 Å². The highest BCUT2D eigenvalue weighted by Gasteiger charge is 2.24. The molecule has 0 unspecified atom stereocenters. The van der Waals surface area contributed by atoms with E-state index in [4.69, 9.17) is 10.7 Å². The molecule has 0 saturated heterocycles. The maximum Gasteiger partial charge on any atom is 0.162 e. The second-order valence-corrected chi connectivity index (χ2v) is 8.25. The summed E-state index contributed by atoms with van der Waals surface area (Å²) in [5, 5.41) is 4.77. The number of rotatable bonds is 4. The van der Waals surface area contributed by atoms with Crippen LogP contribution in [0.4, 0.5) is 21.8 Å². The van der Waals surface area contributed by atoms with Crippen molar-refractivity contribution in [2.45, 2.75) is 25.2 Å². The Labute approximate surface area is 189 Å². The molecule has 0 atom stereocenters. The highest BCUT2D eigenvalue weighted by atomic mass is 19.1. The average Bonchev–Trinajstić information content (AvgIpc) is 2.79. The smallest absolute Gasteiger partial charge is 0.162 e. The van der Waals surface area contributed by atoms with E-state index in [1.807, 2.05) is 30.5 Å². The summed E-state index contributed by atoms with van der Waals surface area (Å²) in [5.41, 5.74) is 9.31. The van der Waals surface area contributed by atoms with E-state index >= 15 is 0 Å². The minimum Gasteiger partial charge on any atom is -0.383 e. The molecule has 7 nitrogen and oxygen atoms in total. The predicted molar refractivity (Wildman–Crippen MR) is 127 cm³/mol. The number of anilines is 3. The number of benzene rings is 1. The van der Waals surface area contributed by atoms with Gasteiger partial charge in [-0.15, -0.1) is 0 Å². The predicted octanol–water partition coefficient (Wildman–Crippen LogP) is 5.37. The lowest BCUT2D eigenvalue weighted by Crippen LogP contribution is -2.11. The number of halogens is 1. The zero-order valence-corrected chi connectivity index (χ0v) is 17.7. The van der Waals surface area contributed by atoms with Crippen LogP contribution < -0.4 is 11.1 Å². The van der Waals surface area contributed by atoms with Crippen LogP contribution in [-0.4, -0.2) is 24.9 Å². The standard InChI is InChI=1S/C25H20FN7/c26-18-6-2-5-15-7-8-20(32-23(15)18)31-21-11-16(9-10-29-21)25-30-19-13-28-12-17(14-3-1-4-14)22(19)24(27)33-25/h2,5-14H,1,3-4H2,(H2,27,30,33)(H,29,31,32). The second kappa shape index (κ2) is 7.74. The maximum atomic E-state index is 14.1. The van der Waals surface area contributed by atoms with Gasteiger partial charge in [0.25, 0.3) is 0 Å². The number of aromatic nitrogens is 5. The van der Waals surface area contributed by atoms with E-state index in [0.29, 0.717) is 34.7 Å². The number of nitrogens with zero attached hydrogens (tertiary/aromatic N) is 5. The van der Waals surface area contributed by atoms with Crippen LogP contribution in [0.5, 0.6) is 0 Å². The first-order valence-electron chi connectivity index (χ1n) is 10.9. The van der Waals surface area contributed by atoms with Gasteiger partial charge in [-0.05, 0) is 54.7 Å². The SMILES string of the molecule is Nc1nc(-c2ccnc(Nc3ccc4cccc(F)c4n3)c2)nc2cncc(C3CCC3)c12. The van der Waals surface area contributed by atoms with Crippen molar-refractivity contribution in [3.63, 3.8) is 0 Å². The zero-order valence-electron chi connectivity index (χ0n) is 17.7. The van der Waals surface area contributed by atoms with Crippen LogP contribution in [0.3, 0.4) is 0 Å². The molecule has 3 N–H and O–H groups in total. The van der Waals surface area contributed by atoms with Gasteiger partial charge < -0.3 is 11.1 Å². The zero-order chi connectivity index (χ0) is 22.4. The van der Waals surface area contributed by atoms with Crippen molar-refractivity contribution in [2.75, 3.05) is 11.1 Å². The number of nitrogen functional groups attached to an aromatic ring is 1. The fraction of sp³-hybridized carbons (Fsp3) is 0.160. The summed E-state index contributed by atoms with van der Waals surface area (Å²) in [6.07, 6.45) is 8.80. The molecule has 4 aromatic heterocycles. The molecule has 33 heavy (non-hydrogen) atoms. The van der Waals surface area contributed by atoms with Gasteiger partial charge >= 0.3 is 0 Å². The fourth-order valence-electron chi connectivity index (χ4n) is 4.25. The highest BCUT2D eigenvalue weighted by molar-refractivity contribution is 5.92. The lowest BCUT2D eigenvalue weighted by molar-refractivity contribution is 0.421. The summed E-state index contributed by atoms with van der Waals surface area (Å²) < 4.78 is 14.1. The van der Waals surface area contributed by atoms with E-state index in [1.165, 1.54) is 12.5 Å². The van der Waals surface area contributed by atoms with E-state index in [0.717, 1.165) is 40.3 Å². The van der Waals surface area contributed by atoms with E-state index in [1.54, 1.807) is 24.5 Å². The van der Waals surface area contributed by atoms with Crippen LogP contribution in [-0.2, 0) is 0 Å². The van der Waals surface area contributed by atoms with Crippen LogP contribution in [0.25, 0.3) is 33.2 Å². The third kappa shape index (κ3) is 3.49. The van der Waals surface area contributed by atoms with Gasteiger partial charge in [0.1, 0.15) is 28.8 Å². The third-order valence-corrected chi connectivity index (χ3v) is 6.15. The van der Waals surface area contributed by atoms with Crippen molar-refractivity contribution < 1.29 is 4.39 Å². The molecule has 0 amide bonds. The van der Waals surface area contributed by atoms with Gasteiger partial charge in [-0.1, -0.05) is 18.6 Å². The quantitative estimate of drug-likeness (QED) is 0.390. The number of pyridine rings is 3. The van der Waals surface area contributed by atoms with Gasteiger partial charge in [0.05, 0.1) is 11.7 Å². The third-order valence-electron chi connectivity index (χ3n) is 6.15. The van der Waals surface area contributed by atoms with Crippen LogP contribution in [0.1, 0.15) is 30.7 Å². The average molecular weight is 437 g/mol. The van der Waals surface area contributed by atoms with Crippen LogP contribution >= 0.6 is 0 Å². The van der Waals surface area contributed by atoms with Crippen LogP contribution in [0.15, 0.2) is 61.1 Å². The minimum absolute atomic E-state index is 0.305.